The molecule has 184 valence electrons. The third-order valence-corrected chi connectivity index (χ3v) is 5.77. The van der Waals surface area contributed by atoms with E-state index in [1.807, 2.05) is 38.1 Å². The van der Waals surface area contributed by atoms with E-state index < -0.39 is 17.6 Å². The maximum absolute atomic E-state index is 12.9. The van der Waals surface area contributed by atoms with Crippen LogP contribution in [0.4, 0.5) is 8.78 Å². The maximum Gasteiger partial charge on any atom is 0.335 e. The molecule has 0 bridgehead atoms. The lowest BCUT2D eigenvalue weighted by Crippen LogP contribution is -2.00. The van der Waals surface area contributed by atoms with Crippen molar-refractivity contribution in [1.82, 2.24) is 9.97 Å². The Morgan fingerprint density at radius 1 is 1.00 bits per heavy atom. The van der Waals surface area contributed by atoms with Crippen LogP contribution >= 0.6 is 0 Å². The molecule has 7 heteroatoms. The van der Waals surface area contributed by atoms with Crippen molar-refractivity contribution in [3.8, 4) is 5.75 Å². The van der Waals surface area contributed by atoms with Crippen LogP contribution in [0, 0.1) is 18.6 Å². The van der Waals surface area contributed by atoms with Crippen molar-refractivity contribution in [1.29, 1.82) is 0 Å². The number of rotatable bonds is 8. The number of H-pyrrole nitrogens is 1. The summed E-state index contributed by atoms with van der Waals surface area (Å²) in [6.07, 6.45) is 4.24. The fourth-order valence-corrected chi connectivity index (χ4v) is 3.74. The third kappa shape index (κ3) is 7.12. The number of nitrogens with zero attached hydrogens (tertiary/aromatic N) is 1. The van der Waals surface area contributed by atoms with Crippen LogP contribution in [0.25, 0.3) is 11.0 Å². The third-order valence-electron chi connectivity index (χ3n) is 5.77. The number of ether oxygens (including phenoxy) is 1. The molecule has 0 spiro atoms. The average molecular weight is 481 g/mol. The Labute approximate surface area is 203 Å². The Morgan fingerprint density at radius 3 is 2.43 bits per heavy atom. The average Bonchev–Trinajstić information content (AvgIpc) is 3.25. The molecule has 0 saturated heterocycles. The molecule has 35 heavy (non-hydrogen) atoms. The van der Waals surface area contributed by atoms with Crippen LogP contribution in [0.5, 0.6) is 5.75 Å². The highest BCUT2D eigenvalue weighted by Crippen LogP contribution is 2.20. The largest absolute Gasteiger partial charge is 0.497 e. The van der Waals surface area contributed by atoms with Gasteiger partial charge in [0.2, 0.25) is 0 Å². The van der Waals surface area contributed by atoms with Crippen LogP contribution in [0.2, 0.25) is 0 Å². The van der Waals surface area contributed by atoms with Gasteiger partial charge in [-0.15, -0.1) is 0 Å². The van der Waals surface area contributed by atoms with E-state index in [2.05, 4.69) is 9.97 Å². The van der Waals surface area contributed by atoms with Gasteiger partial charge >= 0.3 is 5.97 Å². The quantitative estimate of drug-likeness (QED) is 0.295. The number of aromatic amines is 1. The number of carboxylic acid groups (broad SMARTS) is 1. The summed E-state index contributed by atoms with van der Waals surface area (Å²) in [5.74, 6) is -0.121. The molecular weight excluding hydrogens is 450 g/mol. The summed E-state index contributed by atoms with van der Waals surface area (Å²) in [4.78, 5) is 18.8. The number of hydrogen-bond acceptors (Lipinski definition) is 3. The number of nitrogens with one attached hydrogen (secondary N) is 1. The van der Waals surface area contributed by atoms with E-state index in [9.17, 15) is 13.6 Å². The Morgan fingerprint density at radius 2 is 1.77 bits per heavy atom. The van der Waals surface area contributed by atoms with E-state index in [0.717, 1.165) is 65.5 Å². The van der Waals surface area contributed by atoms with E-state index in [1.165, 1.54) is 12.1 Å². The number of benzene rings is 3. The lowest BCUT2D eigenvalue weighted by Gasteiger charge is -2.05. The maximum atomic E-state index is 12.9. The minimum absolute atomic E-state index is 0.321. The van der Waals surface area contributed by atoms with Gasteiger partial charge in [0, 0.05) is 18.6 Å². The summed E-state index contributed by atoms with van der Waals surface area (Å²) in [5.41, 5.74) is 4.92. The number of methoxy groups -OCH3 is 1. The lowest BCUT2D eigenvalue weighted by molar-refractivity contribution is 0.0696. The molecule has 0 unspecified atom stereocenters. The van der Waals surface area contributed by atoms with Gasteiger partial charge in [0.15, 0.2) is 0 Å². The summed E-state index contributed by atoms with van der Waals surface area (Å²) >= 11 is 0. The Hall–Kier alpha value is -3.74. The first-order valence-corrected chi connectivity index (χ1v) is 11.6. The summed E-state index contributed by atoms with van der Waals surface area (Å²) < 4.78 is 30.6. The van der Waals surface area contributed by atoms with E-state index >= 15 is 0 Å². The number of carboxylic acids is 1. The van der Waals surface area contributed by atoms with Crippen LogP contribution in [0.15, 0.2) is 54.6 Å². The lowest BCUT2D eigenvalue weighted by atomic mass is 10.0. The van der Waals surface area contributed by atoms with Gasteiger partial charge < -0.3 is 14.8 Å². The van der Waals surface area contributed by atoms with Crippen molar-refractivity contribution in [2.24, 2.45) is 0 Å². The van der Waals surface area contributed by atoms with Crippen molar-refractivity contribution >= 4 is 17.0 Å². The van der Waals surface area contributed by atoms with Crippen molar-refractivity contribution < 1.29 is 23.4 Å². The van der Waals surface area contributed by atoms with E-state index in [1.54, 1.807) is 19.2 Å². The van der Waals surface area contributed by atoms with Gasteiger partial charge in [0.1, 0.15) is 23.2 Å². The molecule has 1 aromatic heterocycles. The molecule has 0 fully saturated rings. The van der Waals surface area contributed by atoms with Crippen molar-refractivity contribution in [2.75, 3.05) is 7.11 Å². The van der Waals surface area contributed by atoms with Gasteiger partial charge in [-0.2, -0.15) is 0 Å². The highest BCUT2D eigenvalue weighted by Gasteiger charge is 2.08. The van der Waals surface area contributed by atoms with Crippen LogP contribution in [-0.2, 0) is 19.3 Å². The number of aromatic carboxylic acids is 1. The predicted molar refractivity (Wildman–Crippen MR) is 133 cm³/mol. The molecule has 2 N–H and O–H groups in total. The fraction of sp³-hybridized carbons (Fsp3) is 0.286. The van der Waals surface area contributed by atoms with Crippen molar-refractivity contribution in [3.05, 3.63) is 94.3 Å². The predicted octanol–water partition coefficient (Wildman–Crippen LogP) is 6.67. The summed E-state index contributed by atoms with van der Waals surface area (Å²) in [5, 5.41) is 9.01. The van der Waals surface area contributed by atoms with Crippen LogP contribution in [0.3, 0.4) is 0 Å². The second kappa shape index (κ2) is 12.1. The minimum Gasteiger partial charge on any atom is -0.497 e. The Balaban J connectivity index is 0.000000241. The first-order valence-electron chi connectivity index (χ1n) is 11.6. The first-order chi connectivity index (χ1) is 16.8. The van der Waals surface area contributed by atoms with Gasteiger partial charge in [-0.25, -0.2) is 18.6 Å². The Kier molecular flexibility index (Phi) is 8.95. The first kappa shape index (κ1) is 25.9. The van der Waals surface area contributed by atoms with Crippen molar-refractivity contribution in [3.63, 3.8) is 0 Å². The zero-order valence-electron chi connectivity index (χ0n) is 20.2. The van der Waals surface area contributed by atoms with Crippen LogP contribution < -0.4 is 4.74 Å². The highest BCUT2D eigenvalue weighted by atomic mass is 19.1. The molecule has 4 rings (SSSR count). The van der Waals surface area contributed by atoms with Crippen LogP contribution in [-0.4, -0.2) is 28.2 Å². The molecule has 4 aromatic rings. The molecule has 0 aliphatic carbocycles. The molecule has 0 radical (unpaired) electrons. The van der Waals surface area contributed by atoms with Gasteiger partial charge in [-0.3, -0.25) is 0 Å². The van der Waals surface area contributed by atoms with Gasteiger partial charge in [0.25, 0.3) is 0 Å². The highest BCUT2D eigenvalue weighted by molar-refractivity contribution is 5.87. The molecule has 5 nitrogen and oxygen atoms in total. The molecular formula is C28H30F2N2O3. The number of halogens is 2. The second-order valence-corrected chi connectivity index (χ2v) is 8.35. The zero-order chi connectivity index (χ0) is 25.4. The molecule has 0 atom stereocenters. The van der Waals surface area contributed by atoms with E-state index in [0.29, 0.717) is 17.5 Å². The topological polar surface area (TPSA) is 75.2 Å². The van der Waals surface area contributed by atoms with Crippen LogP contribution in [0.1, 0.15) is 52.6 Å². The number of fused-ring (bicyclic) bond motifs is 1. The summed E-state index contributed by atoms with van der Waals surface area (Å²) in [6, 6.07) is 14.7. The number of aryl methyl sites for hydroxylation is 4. The number of unbranched alkanes of at least 4 members (excludes halogenated alkanes) is 1. The molecule has 0 amide bonds. The summed E-state index contributed by atoms with van der Waals surface area (Å²) in [7, 11) is 1.64. The minimum atomic E-state index is -0.897. The molecule has 0 aliphatic rings. The van der Waals surface area contributed by atoms with Gasteiger partial charge in [-0.1, -0.05) is 25.5 Å². The zero-order valence-corrected chi connectivity index (χ0v) is 20.2. The molecule has 1 heterocycles. The fourth-order valence-electron chi connectivity index (χ4n) is 3.74. The molecule has 3 aromatic carbocycles. The SMILES string of the molecule is CCCCc1ccc(F)cc1F.COc1ccc2nc(CCc3ccc(C(=O)O)cc3C)[nH]c2c1. The molecule has 0 saturated carbocycles. The number of aromatic nitrogens is 2. The van der Waals surface area contributed by atoms with E-state index in [4.69, 9.17) is 9.84 Å². The molecule has 0 aliphatic heterocycles. The standard InChI is InChI=1S/C18H18N2O3.C10H12F2/c1-11-9-13(18(21)22)4-3-12(11)5-8-17-19-15-7-6-14(23-2)10-16(15)20-17;1-2-3-4-8-5-6-9(11)7-10(8)12/h3-4,6-7,9-10H,5,8H2,1-2H3,(H,19,20)(H,21,22);5-7H,2-4H2,1H3. The van der Waals surface area contributed by atoms with E-state index in [-0.39, 0.29) is 0 Å². The van der Waals surface area contributed by atoms with Crippen molar-refractivity contribution in [2.45, 2.75) is 46.0 Å². The normalized spacial score (nSPS) is 10.7. The number of carbonyl (C=O) groups is 1. The number of imidazole rings is 1. The monoisotopic (exact) mass is 480 g/mol. The number of hydrogen-bond donors (Lipinski definition) is 2. The summed E-state index contributed by atoms with van der Waals surface area (Å²) in [6.45, 7) is 3.98. The Bertz CT molecular complexity index is 1300. The van der Waals surface area contributed by atoms with Gasteiger partial charge in [-0.05, 0) is 73.2 Å². The smallest absolute Gasteiger partial charge is 0.335 e. The van der Waals surface area contributed by atoms with Gasteiger partial charge in [0.05, 0.1) is 23.7 Å². The second-order valence-electron chi connectivity index (χ2n) is 8.35.